The minimum Gasteiger partial charge on any atom is -0.491 e. The second kappa shape index (κ2) is 10.6. The molecule has 2 N–H and O–H groups in total. The van der Waals surface area contributed by atoms with Crippen LogP contribution >= 0.6 is 23.2 Å². The van der Waals surface area contributed by atoms with Crippen LogP contribution in [0.15, 0.2) is 52.9 Å². The quantitative estimate of drug-likeness (QED) is 0.403. The van der Waals surface area contributed by atoms with Gasteiger partial charge in [-0.1, -0.05) is 23.2 Å². The van der Waals surface area contributed by atoms with Crippen molar-refractivity contribution in [1.29, 1.82) is 0 Å². The van der Waals surface area contributed by atoms with Crippen LogP contribution in [0.4, 0.5) is 0 Å². The lowest BCUT2D eigenvalue weighted by molar-refractivity contribution is 0.0864. The Kier molecular flexibility index (Phi) is 7.61. The van der Waals surface area contributed by atoms with Crippen molar-refractivity contribution >= 4 is 40.1 Å². The van der Waals surface area contributed by atoms with Crippen LogP contribution in [-0.4, -0.2) is 29.8 Å². The van der Waals surface area contributed by atoms with E-state index in [-0.39, 0.29) is 18.6 Å². The first-order chi connectivity index (χ1) is 15.5. The molecule has 1 aliphatic carbocycles. The Labute approximate surface area is 197 Å². The summed E-state index contributed by atoms with van der Waals surface area (Å²) in [4.78, 5) is 12.6. The fourth-order valence-corrected chi connectivity index (χ4v) is 4.52. The lowest BCUT2D eigenvalue weighted by atomic mass is 9.83. The van der Waals surface area contributed by atoms with Gasteiger partial charge in [0.1, 0.15) is 17.9 Å². The van der Waals surface area contributed by atoms with Gasteiger partial charge in [0.15, 0.2) is 5.76 Å². The van der Waals surface area contributed by atoms with Crippen LogP contribution in [0.1, 0.15) is 49.1 Å². The van der Waals surface area contributed by atoms with Gasteiger partial charge in [0.2, 0.25) is 0 Å². The molecule has 0 radical (unpaired) electrons. The lowest BCUT2D eigenvalue weighted by Gasteiger charge is -2.29. The summed E-state index contributed by atoms with van der Waals surface area (Å²) in [6, 6.07) is 14.3. The van der Waals surface area contributed by atoms with Crippen LogP contribution in [0.5, 0.6) is 5.75 Å². The molecule has 0 saturated heterocycles. The highest BCUT2D eigenvalue weighted by Gasteiger charge is 2.24. The summed E-state index contributed by atoms with van der Waals surface area (Å²) in [5, 5.41) is 15.4. The zero-order chi connectivity index (χ0) is 22.5. The minimum absolute atomic E-state index is 0.147. The van der Waals surface area contributed by atoms with Crippen LogP contribution in [0.3, 0.4) is 0 Å². The van der Waals surface area contributed by atoms with Crippen LogP contribution in [0.25, 0.3) is 11.0 Å². The molecule has 4 rings (SSSR count). The highest BCUT2D eigenvalue weighted by atomic mass is 35.5. The molecule has 170 valence electrons. The number of hydrogen-bond donors (Lipinski definition) is 2. The Balaban J connectivity index is 1.16. The topological polar surface area (TPSA) is 71.7 Å². The average Bonchev–Trinajstić information content (AvgIpc) is 3.21. The molecular formula is C25H27Cl2NO4. The van der Waals surface area contributed by atoms with Crippen LogP contribution in [0, 0.1) is 5.92 Å². The van der Waals surface area contributed by atoms with E-state index in [4.69, 9.17) is 32.4 Å². The summed E-state index contributed by atoms with van der Waals surface area (Å²) in [5.41, 5.74) is 0.654. The number of fused-ring (bicyclic) bond motifs is 1. The second-order valence-electron chi connectivity index (χ2n) is 8.48. The van der Waals surface area contributed by atoms with E-state index in [1.54, 1.807) is 48.5 Å². The van der Waals surface area contributed by atoms with Crippen molar-refractivity contribution < 1.29 is 19.1 Å². The maximum atomic E-state index is 12.6. The molecule has 1 saturated carbocycles. The highest BCUT2D eigenvalue weighted by molar-refractivity contribution is 6.31. The number of nitrogens with one attached hydrogen (secondary N) is 1. The third kappa shape index (κ3) is 6.18. The fourth-order valence-electron chi connectivity index (χ4n) is 4.21. The Morgan fingerprint density at radius 3 is 2.53 bits per heavy atom. The van der Waals surface area contributed by atoms with Gasteiger partial charge in [-0.2, -0.15) is 0 Å². The number of carbonyl (C=O) groups is 1. The van der Waals surface area contributed by atoms with E-state index in [9.17, 15) is 9.90 Å². The molecule has 3 aromatic rings. The van der Waals surface area contributed by atoms with E-state index in [1.807, 2.05) is 0 Å². The largest absolute Gasteiger partial charge is 0.491 e. The molecule has 7 heteroatoms. The first-order valence-corrected chi connectivity index (χ1v) is 11.8. The molecule has 0 spiro atoms. The molecular weight excluding hydrogens is 449 g/mol. The number of hydrogen-bond acceptors (Lipinski definition) is 4. The van der Waals surface area contributed by atoms with Gasteiger partial charge in [0.05, 0.1) is 6.10 Å². The molecule has 1 aliphatic rings. The summed E-state index contributed by atoms with van der Waals surface area (Å²) in [5.74, 6) is 1.39. The number of halogens is 2. The van der Waals surface area contributed by atoms with E-state index in [0.717, 1.165) is 37.5 Å². The summed E-state index contributed by atoms with van der Waals surface area (Å²) in [7, 11) is 0. The molecule has 2 aromatic carbocycles. The Morgan fingerprint density at radius 2 is 1.78 bits per heavy atom. The second-order valence-corrected chi connectivity index (χ2v) is 9.35. The zero-order valence-corrected chi connectivity index (χ0v) is 19.2. The molecule has 1 amide bonds. The van der Waals surface area contributed by atoms with E-state index in [2.05, 4.69) is 5.32 Å². The monoisotopic (exact) mass is 475 g/mol. The van der Waals surface area contributed by atoms with Gasteiger partial charge in [0.25, 0.3) is 5.91 Å². The standard InChI is InChI=1S/C25H27Cl2NO4/c26-18-4-10-22(11-5-18)31-15-21(29)9-3-16-1-7-20(8-2-16)28-25(30)24-14-17-13-19(27)6-12-23(17)32-24/h4-6,10-14,16,20-21,29H,1-3,7-9,15H2,(H,28,30). The molecule has 1 fully saturated rings. The smallest absolute Gasteiger partial charge is 0.287 e. The molecule has 0 bridgehead atoms. The molecule has 5 nitrogen and oxygen atoms in total. The molecule has 32 heavy (non-hydrogen) atoms. The summed E-state index contributed by atoms with van der Waals surface area (Å²) in [6.45, 7) is 0.274. The first kappa shape index (κ1) is 23.0. The maximum Gasteiger partial charge on any atom is 0.287 e. The number of carbonyl (C=O) groups excluding carboxylic acids is 1. The van der Waals surface area contributed by atoms with E-state index in [0.29, 0.717) is 39.5 Å². The van der Waals surface area contributed by atoms with Crippen molar-refractivity contribution in [2.75, 3.05) is 6.61 Å². The summed E-state index contributed by atoms with van der Waals surface area (Å²) in [6.07, 6.45) is 5.09. The van der Waals surface area contributed by atoms with Crippen molar-refractivity contribution in [1.82, 2.24) is 5.32 Å². The number of benzene rings is 2. The number of rotatable bonds is 8. The molecule has 1 aromatic heterocycles. The average molecular weight is 476 g/mol. The number of aliphatic hydroxyl groups excluding tert-OH is 1. The highest BCUT2D eigenvalue weighted by Crippen LogP contribution is 2.29. The van der Waals surface area contributed by atoms with E-state index < -0.39 is 6.10 Å². The first-order valence-electron chi connectivity index (χ1n) is 11.0. The van der Waals surface area contributed by atoms with Crippen LogP contribution in [0.2, 0.25) is 10.0 Å². The molecule has 0 aliphatic heterocycles. The van der Waals surface area contributed by atoms with Crippen LogP contribution in [-0.2, 0) is 0 Å². The fraction of sp³-hybridized carbons (Fsp3) is 0.400. The van der Waals surface area contributed by atoms with Crippen molar-refractivity contribution in [2.24, 2.45) is 5.92 Å². The van der Waals surface area contributed by atoms with Crippen molar-refractivity contribution in [3.8, 4) is 5.75 Å². The SMILES string of the molecule is O=C(NC1CCC(CCC(O)COc2ccc(Cl)cc2)CC1)c1cc2cc(Cl)ccc2o1. The number of aliphatic hydroxyl groups is 1. The minimum atomic E-state index is -0.496. The Morgan fingerprint density at radius 1 is 1.06 bits per heavy atom. The predicted molar refractivity (Wildman–Crippen MR) is 127 cm³/mol. The van der Waals surface area contributed by atoms with Gasteiger partial charge in [-0.05, 0) is 93.0 Å². The van der Waals surface area contributed by atoms with E-state index in [1.165, 1.54) is 0 Å². The number of furan rings is 1. The van der Waals surface area contributed by atoms with Gasteiger partial charge in [0, 0.05) is 21.5 Å². The Bertz CT molecular complexity index is 1040. The van der Waals surface area contributed by atoms with Crippen molar-refractivity contribution in [3.05, 3.63) is 64.3 Å². The van der Waals surface area contributed by atoms with Gasteiger partial charge in [-0.25, -0.2) is 0 Å². The predicted octanol–water partition coefficient (Wildman–Crippen LogP) is 6.25. The zero-order valence-electron chi connectivity index (χ0n) is 17.7. The Hall–Kier alpha value is -2.21. The third-order valence-corrected chi connectivity index (χ3v) is 6.54. The third-order valence-electron chi connectivity index (χ3n) is 6.05. The maximum absolute atomic E-state index is 12.6. The molecule has 1 heterocycles. The molecule has 1 unspecified atom stereocenters. The summed E-state index contributed by atoms with van der Waals surface area (Å²) < 4.78 is 11.3. The van der Waals surface area contributed by atoms with Crippen LogP contribution < -0.4 is 10.1 Å². The van der Waals surface area contributed by atoms with Gasteiger partial charge in [-0.15, -0.1) is 0 Å². The number of amides is 1. The normalized spacial score (nSPS) is 19.6. The van der Waals surface area contributed by atoms with Gasteiger partial charge >= 0.3 is 0 Å². The summed E-state index contributed by atoms with van der Waals surface area (Å²) >= 11 is 11.9. The van der Waals surface area contributed by atoms with Crippen molar-refractivity contribution in [3.63, 3.8) is 0 Å². The van der Waals surface area contributed by atoms with E-state index >= 15 is 0 Å². The van der Waals surface area contributed by atoms with Gasteiger partial charge < -0.3 is 19.6 Å². The van der Waals surface area contributed by atoms with Crippen molar-refractivity contribution in [2.45, 2.75) is 50.7 Å². The van der Waals surface area contributed by atoms with Gasteiger partial charge in [-0.3, -0.25) is 4.79 Å². The lowest BCUT2D eigenvalue weighted by Crippen LogP contribution is -2.37. The molecule has 1 atom stereocenters. The number of ether oxygens (including phenoxy) is 1.